The molecule has 0 radical (unpaired) electrons. The Balaban J connectivity index is 2.32. The van der Waals surface area contributed by atoms with Crippen LogP contribution in [0.3, 0.4) is 0 Å². The summed E-state index contributed by atoms with van der Waals surface area (Å²) in [6.07, 6.45) is 1.34. The Kier molecular flexibility index (Phi) is 3.37. The van der Waals surface area contributed by atoms with E-state index in [1.54, 1.807) is 0 Å². The van der Waals surface area contributed by atoms with Crippen molar-refractivity contribution in [2.24, 2.45) is 0 Å². The zero-order chi connectivity index (χ0) is 13.3. The predicted octanol–water partition coefficient (Wildman–Crippen LogP) is 2.88. The monoisotopic (exact) mass is 317 g/mol. The number of aromatic nitrogens is 2. The first-order valence-electron chi connectivity index (χ1n) is 4.79. The Morgan fingerprint density at radius 1 is 1.44 bits per heavy atom. The van der Waals surface area contributed by atoms with Gasteiger partial charge in [0.1, 0.15) is 4.47 Å². The van der Waals surface area contributed by atoms with Gasteiger partial charge < -0.3 is 10.1 Å². The summed E-state index contributed by atoms with van der Waals surface area (Å²) in [5.74, 6) is -2.31. The second-order valence-electron chi connectivity index (χ2n) is 3.47. The largest absolute Gasteiger partial charge is 0.404 e. The van der Waals surface area contributed by atoms with E-state index in [1.165, 1.54) is 23.0 Å². The highest BCUT2D eigenvalue weighted by atomic mass is 79.9. The van der Waals surface area contributed by atoms with Crippen LogP contribution in [0.5, 0.6) is 0 Å². The molecular formula is C10H6BrF2N3O2. The van der Waals surface area contributed by atoms with Crippen LogP contribution in [-0.4, -0.2) is 14.7 Å². The molecule has 94 valence electrons. The van der Waals surface area contributed by atoms with Crippen molar-refractivity contribution in [2.75, 3.05) is 0 Å². The van der Waals surface area contributed by atoms with Crippen LogP contribution in [-0.2, 0) is 6.54 Å². The Bertz CT molecular complexity index is 615. The van der Waals surface area contributed by atoms with Gasteiger partial charge in [0.05, 0.1) is 17.8 Å². The van der Waals surface area contributed by atoms with Gasteiger partial charge >= 0.3 is 5.82 Å². The molecule has 0 bridgehead atoms. The van der Waals surface area contributed by atoms with Crippen molar-refractivity contribution in [1.29, 1.82) is 0 Å². The molecule has 0 aliphatic heterocycles. The van der Waals surface area contributed by atoms with Gasteiger partial charge in [-0.1, -0.05) is 12.1 Å². The van der Waals surface area contributed by atoms with Crippen LogP contribution in [0.25, 0.3) is 0 Å². The van der Waals surface area contributed by atoms with Gasteiger partial charge in [0.2, 0.25) is 0 Å². The summed E-state index contributed by atoms with van der Waals surface area (Å²) >= 11 is 2.97. The molecule has 1 heterocycles. The Hall–Kier alpha value is -1.83. The average molecular weight is 318 g/mol. The zero-order valence-corrected chi connectivity index (χ0v) is 10.4. The highest BCUT2D eigenvalue weighted by Gasteiger charge is 2.19. The van der Waals surface area contributed by atoms with Crippen molar-refractivity contribution < 1.29 is 13.7 Å². The number of hydrogen-bond donors (Lipinski definition) is 0. The molecule has 2 rings (SSSR count). The Morgan fingerprint density at radius 2 is 2.17 bits per heavy atom. The maximum atomic E-state index is 13.4. The van der Waals surface area contributed by atoms with E-state index in [9.17, 15) is 18.9 Å². The van der Waals surface area contributed by atoms with E-state index in [2.05, 4.69) is 21.0 Å². The summed E-state index contributed by atoms with van der Waals surface area (Å²) in [7, 11) is 0. The molecule has 1 aromatic carbocycles. The molecule has 0 unspecified atom stereocenters. The smallest absolute Gasteiger partial charge is 0.358 e. The van der Waals surface area contributed by atoms with E-state index in [1.807, 2.05) is 0 Å². The molecule has 0 amide bonds. The number of nitro groups is 1. The van der Waals surface area contributed by atoms with Crippen molar-refractivity contribution >= 4 is 21.7 Å². The molecule has 0 atom stereocenters. The maximum absolute atomic E-state index is 13.4. The Labute approximate surface area is 108 Å². The van der Waals surface area contributed by atoms with Gasteiger partial charge in [-0.15, -0.1) is 0 Å². The highest BCUT2D eigenvalue weighted by Crippen LogP contribution is 2.23. The fraction of sp³-hybridized carbons (Fsp3) is 0.100. The lowest BCUT2D eigenvalue weighted by atomic mass is 10.2. The number of nitrogens with zero attached hydrogens (tertiary/aromatic N) is 3. The van der Waals surface area contributed by atoms with E-state index < -0.39 is 16.6 Å². The van der Waals surface area contributed by atoms with E-state index in [4.69, 9.17) is 0 Å². The van der Waals surface area contributed by atoms with Crippen LogP contribution in [0, 0.1) is 21.7 Å². The molecule has 2 aromatic rings. The minimum atomic E-state index is -0.980. The third-order valence-electron chi connectivity index (χ3n) is 2.24. The van der Waals surface area contributed by atoms with E-state index in [0.29, 0.717) is 0 Å². The van der Waals surface area contributed by atoms with Crippen LogP contribution >= 0.6 is 15.9 Å². The van der Waals surface area contributed by atoms with Crippen molar-refractivity contribution in [3.05, 3.63) is 56.2 Å². The molecule has 0 aliphatic carbocycles. The molecule has 0 N–H and O–H groups in total. The number of halogens is 3. The standard InChI is InChI=1S/C10H6BrF2N3O2/c11-7-5-15(14-10(7)16(17)18)4-6-2-1-3-8(12)9(6)13/h1-3,5H,4H2. The highest BCUT2D eigenvalue weighted by molar-refractivity contribution is 9.10. The van der Waals surface area contributed by atoms with Crippen LogP contribution in [0.2, 0.25) is 0 Å². The molecule has 0 saturated heterocycles. The fourth-order valence-corrected chi connectivity index (χ4v) is 1.90. The van der Waals surface area contributed by atoms with E-state index in [0.717, 1.165) is 6.07 Å². The molecule has 0 aliphatic rings. The summed E-state index contributed by atoms with van der Waals surface area (Å²) in [6, 6.07) is 3.75. The third kappa shape index (κ3) is 2.37. The van der Waals surface area contributed by atoms with Gasteiger partial charge in [0.25, 0.3) is 0 Å². The summed E-state index contributed by atoms with van der Waals surface area (Å²) in [5.41, 5.74) is 0.0693. The molecule has 5 nitrogen and oxygen atoms in total. The lowest BCUT2D eigenvalue weighted by Gasteiger charge is -2.01. The maximum Gasteiger partial charge on any atom is 0.404 e. The quantitative estimate of drug-likeness (QED) is 0.646. The van der Waals surface area contributed by atoms with Gasteiger partial charge in [-0.05, 0) is 26.9 Å². The molecule has 0 saturated carbocycles. The minimum absolute atomic E-state index is 0.0693. The minimum Gasteiger partial charge on any atom is -0.358 e. The SMILES string of the molecule is O=[N+]([O-])c1nn(Cc2cccc(F)c2F)cc1Br. The van der Waals surface area contributed by atoms with Crippen LogP contribution in [0.1, 0.15) is 5.56 Å². The fourth-order valence-electron chi connectivity index (χ4n) is 1.44. The van der Waals surface area contributed by atoms with Crippen molar-refractivity contribution in [1.82, 2.24) is 9.78 Å². The third-order valence-corrected chi connectivity index (χ3v) is 2.80. The second-order valence-corrected chi connectivity index (χ2v) is 4.32. The molecule has 1 aromatic heterocycles. The van der Waals surface area contributed by atoms with Gasteiger partial charge in [0.15, 0.2) is 11.6 Å². The van der Waals surface area contributed by atoms with E-state index in [-0.39, 0.29) is 22.4 Å². The first kappa shape index (κ1) is 12.6. The second kappa shape index (κ2) is 4.81. The van der Waals surface area contributed by atoms with Gasteiger partial charge in [-0.2, -0.15) is 4.68 Å². The summed E-state index contributed by atoms with van der Waals surface area (Å²) < 4.78 is 27.7. The summed E-state index contributed by atoms with van der Waals surface area (Å²) in [6.45, 7) is -0.0873. The zero-order valence-electron chi connectivity index (χ0n) is 8.81. The summed E-state index contributed by atoms with van der Waals surface area (Å²) in [5, 5.41) is 14.2. The molecule has 0 fully saturated rings. The lowest BCUT2D eigenvalue weighted by Crippen LogP contribution is -2.04. The molecule has 8 heteroatoms. The van der Waals surface area contributed by atoms with Crippen molar-refractivity contribution in [2.45, 2.75) is 6.54 Å². The van der Waals surface area contributed by atoms with Crippen LogP contribution in [0.4, 0.5) is 14.6 Å². The summed E-state index contributed by atoms with van der Waals surface area (Å²) in [4.78, 5) is 9.91. The number of benzene rings is 1. The van der Waals surface area contributed by atoms with Crippen molar-refractivity contribution in [3.63, 3.8) is 0 Å². The normalized spacial score (nSPS) is 10.6. The number of rotatable bonds is 3. The van der Waals surface area contributed by atoms with Crippen LogP contribution < -0.4 is 0 Å². The predicted molar refractivity (Wildman–Crippen MR) is 62.0 cm³/mol. The van der Waals surface area contributed by atoms with Gasteiger partial charge in [0, 0.05) is 5.56 Å². The molecular weight excluding hydrogens is 312 g/mol. The lowest BCUT2D eigenvalue weighted by molar-refractivity contribution is -0.390. The molecule has 0 spiro atoms. The first-order valence-corrected chi connectivity index (χ1v) is 5.58. The van der Waals surface area contributed by atoms with Crippen LogP contribution in [0.15, 0.2) is 28.9 Å². The van der Waals surface area contributed by atoms with Crippen molar-refractivity contribution in [3.8, 4) is 0 Å². The first-order chi connectivity index (χ1) is 8.49. The van der Waals surface area contributed by atoms with Gasteiger partial charge in [-0.3, -0.25) is 0 Å². The average Bonchev–Trinajstić information content (AvgIpc) is 2.66. The van der Waals surface area contributed by atoms with Gasteiger partial charge in [-0.25, -0.2) is 8.78 Å². The number of hydrogen-bond acceptors (Lipinski definition) is 3. The Morgan fingerprint density at radius 3 is 2.78 bits per heavy atom. The van der Waals surface area contributed by atoms with E-state index >= 15 is 0 Å². The molecule has 18 heavy (non-hydrogen) atoms. The topological polar surface area (TPSA) is 61.0 Å².